The van der Waals surface area contributed by atoms with E-state index in [0.29, 0.717) is 10.5 Å². The van der Waals surface area contributed by atoms with E-state index in [-0.39, 0.29) is 5.82 Å². The summed E-state index contributed by atoms with van der Waals surface area (Å²) >= 11 is 0. The lowest BCUT2D eigenvalue weighted by molar-refractivity contribution is 0.201. The van der Waals surface area contributed by atoms with Crippen molar-refractivity contribution in [3.63, 3.8) is 0 Å². The zero-order valence-electron chi connectivity index (χ0n) is 10.1. The highest BCUT2D eigenvalue weighted by atomic mass is 16.4. The first-order chi connectivity index (χ1) is 8.63. The lowest BCUT2D eigenvalue weighted by Crippen LogP contribution is -2.36. The lowest BCUT2D eigenvalue weighted by atomic mass is 10.3. The fraction of sp³-hybridized carbons (Fsp3) is 0.364. The van der Waals surface area contributed by atoms with Gasteiger partial charge in [0.1, 0.15) is 5.52 Å². The van der Waals surface area contributed by atoms with Crippen LogP contribution in [0, 0.1) is 0 Å². The number of unbranched alkanes of at least 4 members (excludes halogenated alkanes) is 1. The van der Waals surface area contributed by atoms with Crippen LogP contribution in [0.15, 0.2) is 18.5 Å². The third-order valence-corrected chi connectivity index (χ3v) is 2.66. The van der Waals surface area contributed by atoms with Gasteiger partial charge in [0.15, 0.2) is 11.5 Å². The summed E-state index contributed by atoms with van der Waals surface area (Å²) in [6, 6.07) is 1.80. The number of hydrogen-bond donors (Lipinski definition) is 2. The van der Waals surface area contributed by atoms with Crippen LogP contribution in [0.4, 0.5) is 10.6 Å². The molecule has 0 aromatic carbocycles. The zero-order valence-corrected chi connectivity index (χ0v) is 10.1. The molecule has 2 aromatic rings. The standard InChI is InChI=1S/C11H15N5O2/c1-2-3-5-15-6-4-8-10(15)13-7-9(14-8)16(12)11(17)18/h4,6-7H,2-3,5,12H2,1H3,(H,17,18). The number of rotatable bonds is 4. The molecule has 0 aliphatic heterocycles. The molecule has 0 aliphatic carbocycles. The van der Waals surface area contributed by atoms with Crippen molar-refractivity contribution in [3.05, 3.63) is 18.5 Å². The topological polar surface area (TPSA) is 97.3 Å². The average molecular weight is 249 g/mol. The molecule has 7 nitrogen and oxygen atoms in total. The van der Waals surface area contributed by atoms with Crippen molar-refractivity contribution < 1.29 is 9.90 Å². The number of carboxylic acid groups (broad SMARTS) is 1. The number of hydrogen-bond acceptors (Lipinski definition) is 4. The molecule has 0 bridgehead atoms. The van der Waals surface area contributed by atoms with Gasteiger partial charge in [-0.2, -0.15) is 5.01 Å². The fourth-order valence-corrected chi connectivity index (χ4v) is 1.67. The summed E-state index contributed by atoms with van der Waals surface area (Å²) in [5.41, 5.74) is 1.38. The number of fused-ring (bicyclic) bond motifs is 1. The molecule has 3 N–H and O–H groups in total. The molecule has 0 spiro atoms. The van der Waals surface area contributed by atoms with Crippen LogP contribution in [-0.4, -0.2) is 25.7 Å². The number of anilines is 1. The molecule has 0 fully saturated rings. The van der Waals surface area contributed by atoms with Crippen molar-refractivity contribution in [2.45, 2.75) is 26.3 Å². The third kappa shape index (κ3) is 2.25. The van der Waals surface area contributed by atoms with Crippen molar-refractivity contribution in [2.24, 2.45) is 5.84 Å². The van der Waals surface area contributed by atoms with Crippen molar-refractivity contribution >= 4 is 23.1 Å². The Morgan fingerprint density at radius 1 is 1.61 bits per heavy atom. The molecule has 0 aliphatic rings. The van der Waals surface area contributed by atoms with E-state index < -0.39 is 6.09 Å². The van der Waals surface area contributed by atoms with E-state index in [1.807, 2.05) is 10.8 Å². The number of hydrazine groups is 1. The molecule has 2 aromatic heterocycles. The zero-order chi connectivity index (χ0) is 13.1. The second-order valence-electron chi connectivity index (χ2n) is 3.95. The molecule has 96 valence electrons. The molecule has 2 heterocycles. The summed E-state index contributed by atoms with van der Waals surface area (Å²) in [5, 5.41) is 9.31. The van der Waals surface area contributed by atoms with Crippen molar-refractivity contribution in [2.75, 3.05) is 5.01 Å². The van der Waals surface area contributed by atoms with Gasteiger partial charge in [-0.1, -0.05) is 13.3 Å². The molecule has 7 heteroatoms. The van der Waals surface area contributed by atoms with Crippen LogP contribution >= 0.6 is 0 Å². The minimum Gasteiger partial charge on any atom is -0.464 e. The van der Waals surface area contributed by atoms with Crippen molar-refractivity contribution in [1.82, 2.24) is 14.5 Å². The Hall–Kier alpha value is -2.15. The minimum absolute atomic E-state index is 0.114. The summed E-state index contributed by atoms with van der Waals surface area (Å²) in [5.74, 6) is 5.45. The molecule has 18 heavy (non-hydrogen) atoms. The highest BCUT2D eigenvalue weighted by molar-refractivity contribution is 5.84. The first-order valence-corrected chi connectivity index (χ1v) is 5.73. The molecule has 2 rings (SSSR count). The number of carbonyl (C=O) groups is 1. The minimum atomic E-state index is -1.27. The molecule has 0 unspecified atom stereocenters. The van der Waals surface area contributed by atoms with Gasteiger partial charge in [-0.15, -0.1) is 0 Å². The number of aromatic nitrogens is 3. The number of nitrogens with two attached hydrogens (primary N) is 1. The molecule has 0 atom stereocenters. The van der Waals surface area contributed by atoms with Gasteiger partial charge in [-0.3, -0.25) is 0 Å². The van der Waals surface area contributed by atoms with Crippen molar-refractivity contribution in [3.8, 4) is 0 Å². The number of amides is 1. The van der Waals surface area contributed by atoms with E-state index in [0.717, 1.165) is 25.0 Å². The summed E-state index contributed by atoms with van der Waals surface area (Å²) in [4.78, 5) is 19.1. The maximum atomic E-state index is 10.7. The monoisotopic (exact) mass is 249 g/mol. The van der Waals surface area contributed by atoms with Crippen molar-refractivity contribution in [1.29, 1.82) is 0 Å². The summed E-state index contributed by atoms with van der Waals surface area (Å²) < 4.78 is 2.00. The van der Waals surface area contributed by atoms with Gasteiger partial charge in [-0.05, 0) is 12.5 Å². The quantitative estimate of drug-likeness (QED) is 0.487. The second-order valence-corrected chi connectivity index (χ2v) is 3.95. The fourth-order valence-electron chi connectivity index (χ4n) is 1.67. The highest BCUT2D eigenvalue weighted by Gasteiger charge is 2.13. The lowest BCUT2D eigenvalue weighted by Gasteiger charge is -2.10. The van der Waals surface area contributed by atoms with Gasteiger partial charge in [0.2, 0.25) is 0 Å². The summed E-state index contributed by atoms with van der Waals surface area (Å²) in [7, 11) is 0. The van der Waals surface area contributed by atoms with E-state index in [1.165, 1.54) is 6.20 Å². The normalized spacial score (nSPS) is 10.8. The summed E-state index contributed by atoms with van der Waals surface area (Å²) in [6.45, 7) is 2.99. The third-order valence-electron chi connectivity index (χ3n) is 2.66. The first kappa shape index (κ1) is 12.3. The second kappa shape index (κ2) is 5.01. The Kier molecular flexibility index (Phi) is 3.42. The Balaban J connectivity index is 2.33. The molecule has 0 saturated heterocycles. The van der Waals surface area contributed by atoms with Gasteiger partial charge in [0, 0.05) is 12.7 Å². The Morgan fingerprint density at radius 3 is 3.06 bits per heavy atom. The number of aryl methyl sites for hydroxylation is 1. The molecule has 1 amide bonds. The van der Waals surface area contributed by atoms with Gasteiger partial charge in [0.05, 0.1) is 6.20 Å². The predicted octanol–water partition coefficient (Wildman–Crippen LogP) is 1.59. The maximum Gasteiger partial charge on any atom is 0.427 e. The smallest absolute Gasteiger partial charge is 0.427 e. The average Bonchev–Trinajstić information content (AvgIpc) is 2.77. The van der Waals surface area contributed by atoms with E-state index in [1.54, 1.807) is 6.07 Å². The maximum absolute atomic E-state index is 10.7. The molecule has 0 saturated carbocycles. The van der Waals surface area contributed by atoms with Crippen LogP contribution in [0.25, 0.3) is 11.2 Å². The van der Waals surface area contributed by atoms with E-state index in [2.05, 4.69) is 16.9 Å². The SMILES string of the molecule is CCCCn1ccc2nc(N(N)C(=O)O)cnc21. The van der Waals surface area contributed by atoms with E-state index in [9.17, 15) is 4.79 Å². The van der Waals surface area contributed by atoms with E-state index >= 15 is 0 Å². The van der Waals surface area contributed by atoms with Crippen LogP contribution in [0.5, 0.6) is 0 Å². The van der Waals surface area contributed by atoms with E-state index in [4.69, 9.17) is 10.9 Å². The first-order valence-electron chi connectivity index (χ1n) is 5.73. The summed E-state index contributed by atoms with van der Waals surface area (Å²) in [6.07, 6.45) is 4.14. The van der Waals surface area contributed by atoms with Gasteiger partial charge in [-0.25, -0.2) is 20.6 Å². The Morgan fingerprint density at radius 2 is 2.39 bits per heavy atom. The predicted molar refractivity (Wildman–Crippen MR) is 67.1 cm³/mol. The Bertz CT molecular complexity index is 566. The largest absolute Gasteiger partial charge is 0.464 e. The van der Waals surface area contributed by atoms with Gasteiger partial charge >= 0.3 is 6.09 Å². The molecule has 0 radical (unpaired) electrons. The molecular weight excluding hydrogens is 234 g/mol. The van der Waals surface area contributed by atoms with Crippen LogP contribution in [0.3, 0.4) is 0 Å². The van der Waals surface area contributed by atoms with Crippen LogP contribution in [0.1, 0.15) is 19.8 Å². The van der Waals surface area contributed by atoms with Gasteiger partial charge < -0.3 is 9.67 Å². The van der Waals surface area contributed by atoms with Crippen LogP contribution in [-0.2, 0) is 6.54 Å². The molecular formula is C11H15N5O2. The number of nitrogens with zero attached hydrogens (tertiary/aromatic N) is 4. The van der Waals surface area contributed by atoms with Crippen LogP contribution in [0.2, 0.25) is 0 Å². The Labute approximate surface area is 104 Å². The van der Waals surface area contributed by atoms with Crippen LogP contribution < -0.4 is 10.9 Å². The van der Waals surface area contributed by atoms with Gasteiger partial charge in [0.25, 0.3) is 0 Å². The highest BCUT2D eigenvalue weighted by Crippen LogP contribution is 2.15.